The molecule has 1 aliphatic rings. The van der Waals surface area contributed by atoms with E-state index in [1.807, 2.05) is 0 Å². The van der Waals surface area contributed by atoms with Gasteiger partial charge in [0, 0.05) is 21.2 Å². The van der Waals surface area contributed by atoms with E-state index in [1.54, 1.807) is 48.5 Å². The maximum atomic E-state index is 12.6. The number of thiocarbonyl (C=S) groups is 1. The second kappa shape index (κ2) is 11.1. The molecule has 0 atom stereocenters. The third-order valence-electron chi connectivity index (χ3n) is 4.11. The van der Waals surface area contributed by atoms with Crippen LogP contribution in [0.1, 0.15) is 20.7 Å². The van der Waals surface area contributed by atoms with Gasteiger partial charge in [0.2, 0.25) is 0 Å². The number of rotatable bonds is 8. The summed E-state index contributed by atoms with van der Waals surface area (Å²) in [6.45, 7) is 0. The highest BCUT2D eigenvalue weighted by atomic mass is 35.5. The number of hydrogen-bond donors (Lipinski definition) is 2. The number of carbonyl (C=O) groups is 4. The van der Waals surface area contributed by atoms with Crippen molar-refractivity contribution < 1.29 is 19.2 Å². The molecule has 1 heterocycles. The van der Waals surface area contributed by atoms with Crippen molar-refractivity contribution in [3.63, 3.8) is 0 Å². The summed E-state index contributed by atoms with van der Waals surface area (Å²) in [5.74, 6) is -1.91. The third kappa shape index (κ3) is 6.43. The van der Waals surface area contributed by atoms with Crippen LogP contribution in [0, 0.1) is 0 Å². The Balaban J connectivity index is 1.79. The van der Waals surface area contributed by atoms with E-state index in [2.05, 4.69) is 10.6 Å². The number of amides is 2. The first-order valence-corrected chi connectivity index (χ1v) is 12.1. The lowest BCUT2D eigenvalue weighted by molar-refractivity contribution is -0.123. The fourth-order valence-corrected chi connectivity index (χ4v) is 5.18. The van der Waals surface area contributed by atoms with Crippen LogP contribution < -0.4 is 10.6 Å². The zero-order valence-corrected chi connectivity index (χ0v) is 20.1. The maximum absolute atomic E-state index is 12.6. The quantitative estimate of drug-likeness (QED) is 0.230. The molecule has 0 radical (unpaired) electrons. The molecule has 0 bridgehead atoms. The molecule has 164 valence electrons. The molecule has 0 unspecified atom stereocenters. The highest BCUT2D eigenvalue weighted by Gasteiger charge is 2.30. The van der Waals surface area contributed by atoms with Gasteiger partial charge in [0.1, 0.15) is 5.57 Å². The van der Waals surface area contributed by atoms with Crippen molar-refractivity contribution >= 4 is 87.4 Å². The fraction of sp³-hybridized carbons (Fsp3) is 0.0952. The van der Waals surface area contributed by atoms with Gasteiger partial charge in [-0.15, -0.1) is 23.5 Å². The van der Waals surface area contributed by atoms with Gasteiger partial charge in [-0.05, 0) is 60.7 Å². The molecule has 3 rings (SSSR count). The fourth-order valence-electron chi connectivity index (χ4n) is 2.54. The van der Waals surface area contributed by atoms with Crippen LogP contribution in [0.3, 0.4) is 0 Å². The normalized spacial score (nSPS) is 13.4. The number of Topliss-reactive ketones (excluding diaryl/α,β-unsaturated/α-hetero) is 2. The van der Waals surface area contributed by atoms with Gasteiger partial charge in [-0.1, -0.05) is 23.2 Å². The average Bonchev–Trinajstić information content (AvgIpc) is 2.75. The number of ketones is 2. The lowest BCUT2D eigenvalue weighted by Gasteiger charge is -2.19. The van der Waals surface area contributed by atoms with Crippen LogP contribution in [0.5, 0.6) is 0 Å². The summed E-state index contributed by atoms with van der Waals surface area (Å²) < 4.78 is 0.243. The van der Waals surface area contributed by atoms with Crippen LogP contribution >= 0.6 is 58.9 Å². The average molecular weight is 525 g/mol. The molecule has 0 aliphatic carbocycles. The molecule has 0 aromatic heterocycles. The smallest absolute Gasteiger partial charge is 0.264 e. The monoisotopic (exact) mass is 524 g/mol. The van der Waals surface area contributed by atoms with Gasteiger partial charge in [-0.2, -0.15) is 0 Å². The first kappa shape index (κ1) is 24.5. The molecular weight excluding hydrogens is 511 g/mol. The van der Waals surface area contributed by atoms with Gasteiger partial charge in [0.05, 0.1) is 15.7 Å². The number of halogens is 2. The second-order valence-electron chi connectivity index (χ2n) is 6.34. The molecule has 0 spiro atoms. The summed E-state index contributed by atoms with van der Waals surface area (Å²) in [7, 11) is 0. The van der Waals surface area contributed by atoms with Gasteiger partial charge in [-0.3, -0.25) is 29.8 Å². The Morgan fingerprint density at radius 2 is 1.12 bits per heavy atom. The van der Waals surface area contributed by atoms with Crippen molar-refractivity contribution in [3.05, 3.63) is 79.5 Å². The van der Waals surface area contributed by atoms with E-state index < -0.39 is 11.8 Å². The number of hydrogen-bond acceptors (Lipinski definition) is 7. The minimum absolute atomic E-state index is 0.0480. The molecular formula is C21H14Cl2N2O4S3. The molecule has 6 nitrogen and oxygen atoms in total. The Hall–Kier alpha value is -2.17. The molecule has 2 aromatic carbocycles. The molecule has 2 N–H and O–H groups in total. The van der Waals surface area contributed by atoms with E-state index >= 15 is 0 Å². The predicted molar refractivity (Wildman–Crippen MR) is 132 cm³/mol. The summed E-state index contributed by atoms with van der Waals surface area (Å²) in [6.07, 6.45) is 0. The highest BCUT2D eigenvalue weighted by Crippen LogP contribution is 2.34. The lowest BCUT2D eigenvalue weighted by Crippen LogP contribution is -2.51. The first-order valence-electron chi connectivity index (χ1n) is 8.98. The Labute approximate surface area is 207 Å². The van der Waals surface area contributed by atoms with E-state index in [4.69, 9.17) is 35.4 Å². The number of benzene rings is 2. The van der Waals surface area contributed by atoms with Crippen LogP contribution in [0.15, 0.2) is 58.3 Å². The SMILES string of the molecule is O=C1NC(=S)NC(=O)C1=C(SCC(=O)c1ccc(Cl)cc1)SCC(=O)c1ccc(Cl)cc1. The number of thioether (sulfide) groups is 2. The van der Waals surface area contributed by atoms with E-state index in [0.717, 1.165) is 23.5 Å². The molecule has 32 heavy (non-hydrogen) atoms. The van der Waals surface area contributed by atoms with Crippen molar-refractivity contribution in [2.45, 2.75) is 0 Å². The van der Waals surface area contributed by atoms with Crippen LogP contribution in [-0.4, -0.2) is 40.0 Å². The van der Waals surface area contributed by atoms with Gasteiger partial charge in [-0.25, -0.2) is 0 Å². The van der Waals surface area contributed by atoms with Gasteiger partial charge < -0.3 is 0 Å². The summed E-state index contributed by atoms with van der Waals surface area (Å²) in [5.41, 5.74) is 0.681. The molecule has 1 fully saturated rings. The van der Waals surface area contributed by atoms with Crippen LogP contribution in [0.2, 0.25) is 10.0 Å². The first-order chi connectivity index (χ1) is 15.2. The van der Waals surface area contributed by atoms with Crippen molar-refractivity contribution in [3.8, 4) is 0 Å². The van der Waals surface area contributed by atoms with Crippen molar-refractivity contribution in [2.75, 3.05) is 11.5 Å². The minimum atomic E-state index is -0.688. The largest absolute Gasteiger partial charge is 0.298 e. The third-order valence-corrected chi connectivity index (χ3v) is 7.27. The Morgan fingerprint density at radius 1 is 0.750 bits per heavy atom. The van der Waals surface area contributed by atoms with E-state index in [-0.39, 0.29) is 38.0 Å². The van der Waals surface area contributed by atoms with Crippen LogP contribution in [0.4, 0.5) is 0 Å². The molecule has 1 saturated heterocycles. The van der Waals surface area contributed by atoms with Crippen molar-refractivity contribution in [1.29, 1.82) is 0 Å². The predicted octanol–water partition coefficient (Wildman–Crippen LogP) is 4.27. The number of nitrogens with one attached hydrogen (secondary N) is 2. The zero-order valence-electron chi connectivity index (χ0n) is 16.1. The molecule has 2 aromatic rings. The number of carbonyl (C=O) groups excluding carboxylic acids is 4. The van der Waals surface area contributed by atoms with Gasteiger partial charge in [0.25, 0.3) is 11.8 Å². The lowest BCUT2D eigenvalue weighted by atomic mass is 10.1. The Morgan fingerprint density at radius 3 is 1.50 bits per heavy atom. The Bertz CT molecular complexity index is 1050. The molecule has 11 heteroatoms. The topological polar surface area (TPSA) is 92.3 Å². The van der Waals surface area contributed by atoms with Gasteiger partial charge in [0.15, 0.2) is 16.7 Å². The molecule has 1 aliphatic heterocycles. The summed E-state index contributed by atoms with van der Waals surface area (Å²) in [6, 6.07) is 12.8. The summed E-state index contributed by atoms with van der Waals surface area (Å²) >= 11 is 18.5. The van der Waals surface area contributed by atoms with E-state index in [0.29, 0.717) is 21.2 Å². The highest BCUT2D eigenvalue weighted by molar-refractivity contribution is 8.22. The zero-order chi connectivity index (χ0) is 23.3. The Kier molecular flexibility index (Phi) is 8.50. The van der Waals surface area contributed by atoms with Crippen LogP contribution in [0.25, 0.3) is 0 Å². The molecule has 0 saturated carbocycles. The molecule has 2 amide bonds. The van der Waals surface area contributed by atoms with Crippen LogP contribution in [-0.2, 0) is 9.59 Å². The summed E-state index contributed by atoms with van der Waals surface area (Å²) in [4.78, 5) is 49.9. The van der Waals surface area contributed by atoms with E-state index in [1.165, 1.54) is 0 Å². The maximum Gasteiger partial charge on any atom is 0.264 e. The van der Waals surface area contributed by atoms with Gasteiger partial charge >= 0.3 is 0 Å². The van der Waals surface area contributed by atoms with E-state index in [9.17, 15) is 19.2 Å². The van der Waals surface area contributed by atoms with Crippen molar-refractivity contribution in [2.24, 2.45) is 0 Å². The second-order valence-corrected chi connectivity index (χ2v) is 9.85. The van der Waals surface area contributed by atoms with Crippen molar-refractivity contribution in [1.82, 2.24) is 10.6 Å². The summed E-state index contributed by atoms with van der Waals surface area (Å²) in [5, 5.41) is 5.63. The standard InChI is InChI=1S/C21H14Cl2N2O4S3/c22-13-5-1-11(2-6-13)15(26)9-31-20(17-18(28)24-21(30)25-19(17)29)32-10-16(27)12-3-7-14(23)8-4-12/h1-8H,9-10H2,(H2,24,25,28,29,30). The minimum Gasteiger partial charge on any atom is -0.298 e.